The SMILES string of the molecule is CCOC(=O)C(F)(F)COCC(F)F. The summed E-state index contributed by atoms with van der Waals surface area (Å²) in [5.41, 5.74) is 0. The van der Waals surface area contributed by atoms with Crippen molar-refractivity contribution in [3.05, 3.63) is 0 Å². The van der Waals surface area contributed by atoms with Crippen LogP contribution in [0.3, 0.4) is 0 Å². The Morgan fingerprint density at radius 2 is 2.00 bits per heavy atom. The van der Waals surface area contributed by atoms with Crippen LogP contribution in [0.25, 0.3) is 0 Å². The van der Waals surface area contributed by atoms with Gasteiger partial charge in [-0.2, -0.15) is 8.78 Å². The van der Waals surface area contributed by atoms with Gasteiger partial charge in [0.25, 0.3) is 6.43 Å². The van der Waals surface area contributed by atoms with E-state index in [0.29, 0.717) is 0 Å². The first-order chi connectivity index (χ1) is 6.40. The largest absolute Gasteiger partial charge is 0.461 e. The zero-order chi connectivity index (χ0) is 11.2. The van der Waals surface area contributed by atoms with Crippen molar-refractivity contribution in [2.45, 2.75) is 19.3 Å². The monoisotopic (exact) mass is 218 g/mol. The smallest absolute Gasteiger partial charge is 0.379 e. The molecule has 0 spiro atoms. The van der Waals surface area contributed by atoms with Crippen molar-refractivity contribution >= 4 is 5.97 Å². The van der Waals surface area contributed by atoms with Crippen molar-refractivity contribution in [1.82, 2.24) is 0 Å². The van der Waals surface area contributed by atoms with Crippen LogP contribution in [0, 0.1) is 0 Å². The molecular formula is C7H10F4O3. The molecule has 0 atom stereocenters. The molecule has 0 unspecified atom stereocenters. The number of carbonyl (C=O) groups excluding carboxylic acids is 1. The highest BCUT2D eigenvalue weighted by Crippen LogP contribution is 2.16. The Balaban J connectivity index is 3.87. The summed E-state index contributed by atoms with van der Waals surface area (Å²) in [5, 5.41) is 0. The first-order valence-electron chi connectivity index (χ1n) is 3.81. The van der Waals surface area contributed by atoms with Gasteiger partial charge in [-0.15, -0.1) is 0 Å². The molecule has 0 aliphatic carbocycles. The number of hydrogen-bond acceptors (Lipinski definition) is 3. The van der Waals surface area contributed by atoms with Crippen molar-refractivity contribution in [3.8, 4) is 0 Å². The molecule has 7 heteroatoms. The lowest BCUT2D eigenvalue weighted by Gasteiger charge is -2.14. The lowest BCUT2D eigenvalue weighted by Crippen LogP contribution is -2.36. The number of hydrogen-bond donors (Lipinski definition) is 0. The molecule has 0 amide bonds. The van der Waals surface area contributed by atoms with E-state index in [1.165, 1.54) is 6.92 Å². The van der Waals surface area contributed by atoms with Crippen LogP contribution < -0.4 is 0 Å². The van der Waals surface area contributed by atoms with Crippen molar-refractivity contribution in [2.24, 2.45) is 0 Å². The second-order valence-electron chi connectivity index (χ2n) is 2.33. The van der Waals surface area contributed by atoms with Gasteiger partial charge in [0, 0.05) is 0 Å². The van der Waals surface area contributed by atoms with Gasteiger partial charge < -0.3 is 9.47 Å². The maximum absolute atomic E-state index is 12.6. The maximum atomic E-state index is 12.6. The number of ether oxygens (including phenoxy) is 2. The summed E-state index contributed by atoms with van der Waals surface area (Å²) in [6.07, 6.45) is -2.84. The first kappa shape index (κ1) is 13.2. The van der Waals surface area contributed by atoms with E-state index in [9.17, 15) is 22.4 Å². The van der Waals surface area contributed by atoms with E-state index in [4.69, 9.17) is 0 Å². The maximum Gasteiger partial charge on any atom is 0.379 e. The van der Waals surface area contributed by atoms with Gasteiger partial charge in [-0.1, -0.05) is 0 Å². The molecule has 3 nitrogen and oxygen atoms in total. The second-order valence-corrected chi connectivity index (χ2v) is 2.33. The van der Waals surface area contributed by atoms with Gasteiger partial charge in [0.1, 0.15) is 13.2 Å². The molecule has 84 valence electrons. The Labute approximate surface area is 78.0 Å². The van der Waals surface area contributed by atoms with E-state index >= 15 is 0 Å². The van der Waals surface area contributed by atoms with Crippen LogP contribution in [0.15, 0.2) is 0 Å². The van der Waals surface area contributed by atoms with Crippen LogP contribution in [0.5, 0.6) is 0 Å². The molecule has 0 saturated carbocycles. The van der Waals surface area contributed by atoms with Crippen LogP contribution in [-0.2, 0) is 14.3 Å². The quantitative estimate of drug-likeness (QED) is 0.500. The fraction of sp³-hybridized carbons (Fsp3) is 0.857. The first-order valence-corrected chi connectivity index (χ1v) is 3.81. The van der Waals surface area contributed by atoms with Crippen LogP contribution in [0.2, 0.25) is 0 Å². The highest BCUT2D eigenvalue weighted by atomic mass is 19.3. The van der Waals surface area contributed by atoms with E-state index in [2.05, 4.69) is 9.47 Å². The molecule has 0 aromatic rings. The van der Waals surface area contributed by atoms with Crippen LogP contribution in [-0.4, -0.2) is 38.1 Å². The van der Waals surface area contributed by atoms with Crippen LogP contribution in [0.4, 0.5) is 17.6 Å². The zero-order valence-corrected chi connectivity index (χ0v) is 7.44. The number of carbonyl (C=O) groups is 1. The zero-order valence-electron chi connectivity index (χ0n) is 7.44. The summed E-state index contributed by atoms with van der Waals surface area (Å²) in [5.74, 6) is -5.64. The molecule has 0 bridgehead atoms. The molecule has 0 N–H and O–H groups in total. The molecule has 0 fully saturated rings. The van der Waals surface area contributed by atoms with Crippen LogP contribution in [0.1, 0.15) is 6.92 Å². The summed E-state index contributed by atoms with van der Waals surface area (Å²) >= 11 is 0. The summed E-state index contributed by atoms with van der Waals surface area (Å²) in [6.45, 7) is -1.37. The summed E-state index contributed by atoms with van der Waals surface area (Å²) in [6, 6.07) is 0. The highest BCUT2D eigenvalue weighted by Gasteiger charge is 2.41. The Morgan fingerprint density at radius 3 is 2.43 bits per heavy atom. The number of esters is 1. The molecule has 0 heterocycles. The molecule has 0 aromatic carbocycles. The van der Waals surface area contributed by atoms with Crippen molar-refractivity contribution in [3.63, 3.8) is 0 Å². The Kier molecular flexibility index (Phi) is 5.44. The lowest BCUT2D eigenvalue weighted by atomic mass is 10.4. The number of alkyl halides is 4. The van der Waals surface area contributed by atoms with E-state index in [0.717, 1.165) is 0 Å². The standard InChI is InChI=1S/C7H10F4O3/c1-2-14-6(12)7(10,11)4-13-3-5(8)9/h5H,2-4H2,1H3. The average molecular weight is 218 g/mol. The summed E-state index contributed by atoms with van der Waals surface area (Å²) in [7, 11) is 0. The Hall–Kier alpha value is -0.850. The lowest BCUT2D eigenvalue weighted by molar-refractivity contribution is -0.181. The number of rotatable bonds is 6. The molecule has 0 aliphatic heterocycles. The van der Waals surface area contributed by atoms with Gasteiger partial charge in [0.2, 0.25) is 0 Å². The third-order valence-corrected chi connectivity index (χ3v) is 1.10. The average Bonchev–Trinajstić information content (AvgIpc) is 2.03. The summed E-state index contributed by atoms with van der Waals surface area (Å²) < 4.78 is 56.1. The molecular weight excluding hydrogens is 208 g/mol. The molecule has 0 aromatic heterocycles. The van der Waals surface area contributed by atoms with E-state index in [1.807, 2.05) is 0 Å². The normalized spacial score (nSPS) is 11.9. The molecule has 14 heavy (non-hydrogen) atoms. The van der Waals surface area contributed by atoms with E-state index in [1.54, 1.807) is 0 Å². The topological polar surface area (TPSA) is 35.5 Å². The van der Waals surface area contributed by atoms with Crippen molar-refractivity contribution < 1.29 is 31.8 Å². The van der Waals surface area contributed by atoms with Gasteiger partial charge >= 0.3 is 11.9 Å². The molecule has 0 rings (SSSR count). The Bertz CT molecular complexity index is 184. The molecule has 0 aliphatic rings. The van der Waals surface area contributed by atoms with Gasteiger partial charge in [-0.3, -0.25) is 0 Å². The fourth-order valence-electron chi connectivity index (χ4n) is 0.572. The minimum atomic E-state index is -3.87. The Morgan fingerprint density at radius 1 is 1.43 bits per heavy atom. The van der Waals surface area contributed by atoms with E-state index in [-0.39, 0.29) is 6.61 Å². The van der Waals surface area contributed by atoms with Gasteiger partial charge in [0.05, 0.1) is 6.61 Å². The second kappa shape index (κ2) is 5.79. The summed E-state index contributed by atoms with van der Waals surface area (Å²) in [4.78, 5) is 10.5. The predicted octanol–water partition coefficient (Wildman–Crippen LogP) is 1.47. The van der Waals surface area contributed by atoms with Gasteiger partial charge in [0.15, 0.2) is 0 Å². The number of halogens is 4. The van der Waals surface area contributed by atoms with E-state index < -0.39 is 31.5 Å². The van der Waals surface area contributed by atoms with Gasteiger partial charge in [-0.25, -0.2) is 13.6 Å². The van der Waals surface area contributed by atoms with Gasteiger partial charge in [-0.05, 0) is 6.92 Å². The van der Waals surface area contributed by atoms with Crippen LogP contribution >= 0.6 is 0 Å². The van der Waals surface area contributed by atoms with Crippen molar-refractivity contribution in [1.29, 1.82) is 0 Å². The third-order valence-electron chi connectivity index (χ3n) is 1.10. The minimum Gasteiger partial charge on any atom is -0.461 e. The molecule has 0 radical (unpaired) electrons. The molecule has 0 saturated heterocycles. The van der Waals surface area contributed by atoms with Crippen molar-refractivity contribution in [2.75, 3.05) is 19.8 Å². The third kappa shape index (κ3) is 5.00. The fourth-order valence-corrected chi connectivity index (χ4v) is 0.572. The highest BCUT2D eigenvalue weighted by molar-refractivity contribution is 5.77. The predicted molar refractivity (Wildman–Crippen MR) is 38.4 cm³/mol. The minimum absolute atomic E-state index is 0.205.